The molecule has 2 aromatic carbocycles. The number of fused-ring (bicyclic) bond motifs is 1. The summed E-state index contributed by atoms with van der Waals surface area (Å²) >= 11 is 0. The predicted octanol–water partition coefficient (Wildman–Crippen LogP) is 4.11. The highest BCUT2D eigenvalue weighted by Crippen LogP contribution is 2.35. The molecule has 2 aromatic heterocycles. The quantitative estimate of drug-likeness (QED) is 0.502. The monoisotopic (exact) mass is 427 g/mol. The summed E-state index contributed by atoms with van der Waals surface area (Å²) in [4.78, 5) is 30.4. The van der Waals surface area contributed by atoms with Crippen LogP contribution in [0.15, 0.2) is 59.4 Å². The Labute approximate surface area is 185 Å². The topological polar surface area (TPSA) is 81.8 Å². The molecule has 32 heavy (non-hydrogen) atoms. The molecule has 0 bridgehead atoms. The molecule has 1 aliphatic carbocycles. The number of benzene rings is 2. The number of carbonyl (C=O) groups is 1. The first-order valence-corrected chi connectivity index (χ1v) is 10.9. The van der Waals surface area contributed by atoms with Crippen molar-refractivity contribution in [1.82, 2.24) is 19.3 Å². The minimum absolute atomic E-state index is 0.00825. The summed E-state index contributed by atoms with van der Waals surface area (Å²) in [6.45, 7) is 3.96. The molecule has 0 saturated heterocycles. The molecule has 2 heterocycles. The van der Waals surface area contributed by atoms with Crippen molar-refractivity contribution in [2.75, 3.05) is 5.32 Å². The minimum Gasteiger partial charge on any atom is -0.326 e. The molecular weight excluding hydrogens is 402 g/mol. The molecule has 0 atom stereocenters. The smallest absolute Gasteiger partial charge is 0.261 e. The number of para-hydroxylation sites is 1. The highest BCUT2D eigenvalue weighted by molar-refractivity contribution is 5.91. The lowest BCUT2D eigenvalue weighted by Crippen LogP contribution is -2.25. The Kier molecular flexibility index (Phi) is 5.09. The fourth-order valence-corrected chi connectivity index (χ4v) is 4.13. The summed E-state index contributed by atoms with van der Waals surface area (Å²) in [5.74, 6) is 0.572. The highest BCUT2D eigenvalue weighted by atomic mass is 16.1. The number of aryl methyl sites for hydroxylation is 3. The van der Waals surface area contributed by atoms with Gasteiger partial charge in [0.2, 0.25) is 5.91 Å². The van der Waals surface area contributed by atoms with Gasteiger partial charge >= 0.3 is 0 Å². The second-order valence-corrected chi connectivity index (χ2v) is 8.39. The Hall–Kier alpha value is -3.74. The zero-order valence-electron chi connectivity index (χ0n) is 18.2. The molecule has 1 saturated carbocycles. The van der Waals surface area contributed by atoms with Crippen LogP contribution in [0, 0.1) is 13.8 Å². The number of nitrogens with one attached hydrogen (secondary N) is 1. The fraction of sp³-hybridized carbons (Fsp3) is 0.280. The van der Waals surface area contributed by atoms with Crippen molar-refractivity contribution in [2.24, 2.45) is 0 Å². The highest BCUT2D eigenvalue weighted by Gasteiger charge is 2.28. The first kappa shape index (κ1) is 20.2. The average Bonchev–Trinajstić information content (AvgIpc) is 3.55. The van der Waals surface area contributed by atoms with Gasteiger partial charge in [0.25, 0.3) is 5.56 Å². The van der Waals surface area contributed by atoms with Crippen LogP contribution in [0.2, 0.25) is 0 Å². The van der Waals surface area contributed by atoms with Gasteiger partial charge in [0.05, 0.1) is 22.3 Å². The lowest BCUT2D eigenvalue weighted by molar-refractivity contribution is -0.116. The van der Waals surface area contributed by atoms with E-state index in [0.29, 0.717) is 28.8 Å². The normalized spacial score (nSPS) is 13.4. The van der Waals surface area contributed by atoms with Gasteiger partial charge in [-0.05, 0) is 63.1 Å². The Morgan fingerprint density at radius 1 is 1.09 bits per heavy atom. The maximum Gasteiger partial charge on any atom is 0.261 e. The van der Waals surface area contributed by atoms with Gasteiger partial charge < -0.3 is 5.32 Å². The van der Waals surface area contributed by atoms with E-state index in [1.807, 2.05) is 73.1 Å². The summed E-state index contributed by atoms with van der Waals surface area (Å²) in [6, 6.07) is 17.2. The van der Waals surface area contributed by atoms with Gasteiger partial charge in [0, 0.05) is 30.3 Å². The van der Waals surface area contributed by atoms with Gasteiger partial charge in [-0.15, -0.1) is 0 Å². The van der Waals surface area contributed by atoms with Crippen molar-refractivity contribution in [2.45, 2.75) is 45.6 Å². The van der Waals surface area contributed by atoms with E-state index in [-0.39, 0.29) is 23.9 Å². The van der Waals surface area contributed by atoms with Crippen LogP contribution in [0.1, 0.15) is 42.5 Å². The van der Waals surface area contributed by atoms with Crippen molar-refractivity contribution in [1.29, 1.82) is 0 Å². The summed E-state index contributed by atoms with van der Waals surface area (Å²) < 4.78 is 3.65. The van der Waals surface area contributed by atoms with E-state index in [0.717, 1.165) is 29.9 Å². The molecule has 0 radical (unpaired) electrons. The Bertz CT molecular complexity index is 1380. The van der Waals surface area contributed by atoms with Crippen LogP contribution in [0.3, 0.4) is 0 Å². The van der Waals surface area contributed by atoms with Gasteiger partial charge in [0.1, 0.15) is 5.82 Å². The van der Waals surface area contributed by atoms with Crippen molar-refractivity contribution in [3.8, 4) is 5.69 Å². The second-order valence-electron chi connectivity index (χ2n) is 8.39. The zero-order valence-corrected chi connectivity index (χ0v) is 18.2. The predicted molar refractivity (Wildman–Crippen MR) is 124 cm³/mol. The molecule has 0 aliphatic heterocycles. The molecule has 4 aromatic rings. The fourth-order valence-electron chi connectivity index (χ4n) is 4.13. The molecular formula is C25H25N5O2. The molecule has 1 aliphatic rings. The number of anilines is 1. The summed E-state index contributed by atoms with van der Waals surface area (Å²) in [5, 5.41) is 8.11. The van der Waals surface area contributed by atoms with E-state index in [4.69, 9.17) is 4.98 Å². The van der Waals surface area contributed by atoms with Crippen molar-refractivity contribution < 1.29 is 4.79 Å². The molecule has 0 spiro atoms. The first-order chi connectivity index (χ1) is 15.5. The van der Waals surface area contributed by atoms with E-state index < -0.39 is 0 Å². The lowest BCUT2D eigenvalue weighted by atomic mass is 10.2. The van der Waals surface area contributed by atoms with E-state index in [1.165, 1.54) is 0 Å². The standard InChI is InChI=1S/C25H25N5O2/c1-16-14-17(2)30(28-16)20-7-5-6-18(15-20)26-24(31)13-12-23-27-22-9-4-3-8-21(22)25(32)29(23)19-10-11-19/h3-9,14-15,19H,10-13H2,1-2H3,(H,26,31). The van der Waals surface area contributed by atoms with Crippen LogP contribution in [0.4, 0.5) is 5.69 Å². The Balaban J connectivity index is 1.33. The van der Waals surface area contributed by atoms with Gasteiger partial charge in [-0.25, -0.2) is 9.67 Å². The van der Waals surface area contributed by atoms with Crippen molar-refractivity contribution in [3.63, 3.8) is 0 Å². The van der Waals surface area contributed by atoms with Crippen molar-refractivity contribution in [3.05, 3.63) is 82.2 Å². The van der Waals surface area contributed by atoms with Gasteiger partial charge in [-0.1, -0.05) is 18.2 Å². The van der Waals surface area contributed by atoms with Crippen LogP contribution in [0.5, 0.6) is 0 Å². The van der Waals surface area contributed by atoms with Gasteiger partial charge in [0.15, 0.2) is 0 Å². The second kappa shape index (κ2) is 8.07. The number of hydrogen-bond donors (Lipinski definition) is 1. The van der Waals surface area contributed by atoms with Gasteiger partial charge in [-0.2, -0.15) is 5.10 Å². The van der Waals surface area contributed by atoms with Crippen LogP contribution in [-0.4, -0.2) is 25.2 Å². The SMILES string of the molecule is Cc1cc(C)n(-c2cccc(NC(=O)CCc3nc4ccccc4c(=O)n3C3CC3)c2)n1. The minimum atomic E-state index is -0.111. The van der Waals surface area contributed by atoms with Crippen LogP contribution in [0.25, 0.3) is 16.6 Å². The van der Waals surface area contributed by atoms with E-state index in [2.05, 4.69) is 10.4 Å². The molecule has 1 fully saturated rings. The molecule has 0 unspecified atom stereocenters. The summed E-state index contributed by atoms with van der Waals surface area (Å²) in [6.07, 6.45) is 2.64. The van der Waals surface area contributed by atoms with E-state index >= 15 is 0 Å². The van der Waals surface area contributed by atoms with Crippen LogP contribution in [-0.2, 0) is 11.2 Å². The van der Waals surface area contributed by atoms with Crippen LogP contribution < -0.4 is 10.9 Å². The zero-order chi connectivity index (χ0) is 22.2. The molecule has 5 rings (SSSR count). The molecule has 162 valence electrons. The van der Waals surface area contributed by atoms with Gasteiger partial charge in [-0.3, -0.25) is 14.2 Å². The van der Waals surface area contributed by atoms with Crippen molar-refractivity contribution >= 4 is 22.5 Å². The number of hydrogen-bond acceptors (Lipinski definition) is 4. The maximum atomic E-state index is 13.0. The number of rotatable bonds is 6. The maximum absolute atomic E-state index is 13.0. The number of carbonyl (C=O) groups excluding carboxylic acids is 1. The number of aromatic nitrogens is 4. The summed E-state index contributed by atoms with van der Waals surface area (Å²) in [5.41, 5.74) is 4.26. The molecule has 7 heteroatoms. The third-order valence-corrected chi connectivity index (χ3v) is 5.75. The Morgan fingerprint density at radius 2 is 1.91 bits per heavy atom. The largest absolute Gasteiger partial charge is 0.326 e. The molecule has 1 amide bonds. The van der Waals surface area contributed by atoms with E-state index in [9.17, 15) is 9.59 Å². The average molecular weight is 428 g/mol. The van der Waals surface area contributed by atoms with Crippen LogP contribution >= 0.6 is 0 Å². The first-order valence-electron chi connectivity index (χ1n) is 10.9. The molecule has 1 N–H and O–H groups in total. The lowest BCUT2D eigenvalue weighted by Gasteiger charge is -2.13. The van der Waals surface area contributed by atoms with E-state index in [1.54, 1.807) is 4.57 Å². The third-order valence-electron chi connectivity index (χ3n) is 5.75. The number of amides is 1. The number of nitrogens with zero attached hydrogens (tertiary/aromatic N) is 4. The Morgan fingerprint density at radius 3 is 2.66 bits per heavy atom. The third kappa shape index (κ3) is 3.93. The molecule has 7 nitrogen and oxygen atoms in total. The summed E-state index contributed by atoms with van der Waals surface area (Å²) in [7, 11) is 0.